The van der Waals surface area contributed by atoms with Crippen LogP contribution >= 0.6 is 0 Å². The molecule has 3 rings (SSSR count). The van der Waals surface area contributed by atoms with Gasteiger partial charge in [0.1, 0.15) is 5.82 Å². The van der Waals surface area contributed by atoms with E-state index in [0.717, 1.165) is 37.7 Å². The average molecular weight is 303 g/mol. The maximum absolute atomic E-state index is 10.8. The van der Waals surface area contributed by atoms with Crippen molar-refractivity contribution >= 4 is 11.8 Å². The number of pyridine rings is 1. The van der Waals surface area contributed by atoms with Crippen LogP contribution < -0.4 is 5.32 Å². The summed E-state index contributed by atoms with van der Waals surface area (Å²) in [5.74, 6) is 0.772. The average Bonchev–Trinajstić information content (AvgIpc) is 3.03. The molecule has 2 N–H and O–H groups in total. The molecule has 1 aliphatic heterocycles. The van der Waals surface area contributed by atoms with Crippen molar-refractivity contribution in [1.29, 1.82) is 0 Å². The van der Waals surface area contributed by atoms with Crippen LogP contribution in [0.2, 0.25) is 0 Å². The lowest BCUT2D eigenvalue weighted by Gasteiger charge is -2.34. The molecule has 0 bridgehead atoms. The van der Waals surface area contributed by atoms with E-state index < -0.39 is 5.97 Å². The zero-order chi connectivity index (χ0) is 15.4. The number of aromatic nitrogens is 1. The number of rotatable bonds is 5. The van der Waals surface area contributed by atoms with Crippen molar-refractivity contribution in [2.45, 2.75) is 44.6 Å². The fourth-order valence-corrected chi connectivity index (χ4v) is 3.63. The maximum Gasteiger partial charge on any atom is 0.337 e. The van der Waals surface area contributed by atoms with E-state index >= 15 is 0 Å². The minimum atomic E-state index is -0.931. The molecule has 1 saturated carbocycles. The first-order valence-corrected chi connectivity index (χ1v) is 8.39. The maximum atomic E-state index is 10.8. The molecule has 0 unspecified atom stereocenters. The van der Waals surface area contributed by atoms with E-state index in [1.165, 1.54) is 38.4 Å². The second kappa shape index (κ2) is 7.09. The number of carbonyl (C=O) groups is 1. The van der Waals surface area contributed by atoms with Gasteiger partial charge in [-0.15, -0.1) is 0 Å². The Morgan fingerprint density at radius 1 is 1.23 bits per heavy atom. The first kappa shape index (κ1) is 15.3. The third-order valence-corrected chi connectivity index (χ3v) is 4.94. The largest absolute Gasteiger partial charge is 0.478 e. The highest BCUT2D eigenvalue weighted by molar-refractivity contribution is 5.87. The molecule has 2 heterocycles. The van der Waals surface area contributed by atoms with E-state index in [1.54, 1.807) is 12.1 Å². The van der Waals surface area contributed by atoms with Gasteiger partial charge in [-0.05, 0) is 43.7 Å². The second-order valence-electron chi connectivity index (χ2n) is 6.61. The number of nitrogens with one attached hydrogen (secondary N) is 1. The molecule has 0 atom stereocenters. The highest BCUT2D eigenvalue weighted by Crippen LogP contribution is 2.26. The molecule has 0 spiro atoms. The van der Waals surface area contributed by atoms with Gasteiger partial charge in [-0.3, -0.25) is 0 Å². The summed E-state index contributed by atoms with van der Waals surface area (Å²) in [6.07, 6.45) is 9.35. The van der Waals surface area contributed by atoms with Crippen LogP contribution in [0.15, 0.2) is 18.3 Å². The number of aromatic carboxylic acids is 1. The van der Waals surface area contributed by atoms with Gasteiger partial charge < -0.3 is 15.3 Å². The van der Waals surface area contributed by atoms with E-state index in [1.807, 2.05) is 0 Å². The zero-order valence-corrected chi connectivity index (χ0v) is 13.0. The summed E-state index contributed by atoms with van der Waals surface area (Å²) in [7, 11) is 0. The smallest absolute Gasteiger partial charge is 0.337 e. The van der Waals surface area contributed by atoms with Crippen LogP contribution in [-0.2, 0) is 0 Å². The highest BCUT2D eigenvalue weighted by atomic mass is 16.4. The van der Waals surface area contributed by atoms with Crippen LogP contribution in [0.3, 0.4) is 0 Å². The predicted octanol–water partition coefficient (Wildman–Crippen LogP) is 2.85. The molecule has 5 nitrogen and oxygen atoms in total. The fourth-order valence-electron chi connectivity index (χ4n) is 3.63. The van der Waals surface area contributed by atoms with E-state index in [0.29, 0.717) is 6.04 Å². The van der Waals surface area contributed by atoms with Crippen LogP contribution in [0.1, 0.15) is 48.9 Å². The SMILES string of the molecule is O=C(O)c1ccc(NC2CCN(CC3CCCC3)CC2)nc1. The molecular weight excluding hydrogens is 278 g/mol. The molecule has 2 aliphatic rings. The van der Waals surface area contributed by atoms with Crippen molar-refractivity contribution < 1.29 is 9.90 Å². The summed E-state index contributed by atoms with van der Waals surface area (Å²) in [4.78, 5) is 17.6. The molecule has 1 aromatic heterocycles. The van der Waals surface area contributed by atoms with Crippen LogP contribution in [0, 0.1) is 5.92 Å². The molecule has 0 amide bonds. The fraction of sp³-hybridized carbons (Fsp3) is 0.647. The number of piperidine rings is 1. The Morgan fingerprint density at radius 3 is 2.55 bits per heavy atom. The topological polar surface area (TPSA) is 65.5 Å². The molecule has 0 aromatic carbocycles. The summed E-state index contributed by atoms with van der Waals surface area (Å²) in [5.41, 5.74) is 0.233. The molecule has 1 aliphatic carbocycles. The molecule has 5 heteroatoms. The quantitative estimate of drug-likeness (QED) is 0.875. The van der Waals surface area contributed by atoms with Gasteiger partial charge in [0, 0.05) is 31.9 Å². The van der Waals surface area contributed by atoms with Crippen molar-refractivity contribution in [2.24, 2.45) is 5.92 Å². The number of nitrogens with zero attached hydrogens (tertiary/aromatic N) is 2. The van der Waals surface area contributed by atoms with E-state index in [-0.39, 0.29) is 5.56 Å². The van der Waals surface area contributed by atoms with Crippen LogP contribution in [0.25, 0.3) is 0 Å². The molecule has 120 valence electrons. The third kappa shape index (κ3) is 3.97. The Morgan fingerprint density at radius 2 is 1.95 bits per heavy atom. The number of likely N-dealkylation sites (tertiary alicyclic amines) is 1. The molecule has 2 fully saturated rings. The van der Waals surface area contributed by atoms with Crippen molar-refractivity contribution in [3.8, 4) is 0 Å². The Labute approximate surface area is 131 Å². The normalized spacial score (nSPS) is 21.1. The lowest BCUT2D eigenvalue weighted by Crippen LogP contribution is -2.41. The van der Waals surface area contributed by atoms with Gasteiger partial charge in [0.05, 0.1) is 5.56 Å². The summed E-state index contributed by atoms with van der Waals surface area (Å²) in [6, 6.07) is 3.81. The van der Waals surface area contributed by atoms with E-state index in [2.05, 4.69) is 15.2 Å². The van der Waals surface area contributed by atoms with Crippen LogP contribution in [-0.4, -0.2) is 46.6 Å². The van der Waals surface area contributed by atoms with Gasteiger partial charge in [0.25, 0.3) is 0 Å². The monoisotopic (exact) mass is 303 g/mol. The van der Waals surface area contributed by atoms with Crippen molar-refractivity contribution in [3.63, 3.8) is 0 Å². The van der Waals surface area contributed by atoms with Crippen molar-refractivity contribution in [3.05, 3.63) is 23.9 Å². The number of anilines is 1. The number of carboxylic acids is 1. The predicted molar refractivity (Wildman–Crippen MR) is 86.2 cm³/mol. The van der Waals surface area contributed by atoms with Gasteiger partial charge in [-0.25, -0.2) is 9.78 Å². The molecule has 0 radical (unpaired) electrons. The molecule has 1 aromatic rings. The Kier molecular flexibility index (Phi) is 4.93. The highest BCUT2D eigenvalue weighted by Gasteiger charge is 2.23. The zero-order valence-electron chi connectivity index (χ0n) is 13.0. The Balaban J connectivity index is 1.44. The van der Waals surface area contributed by atoms with E-state index in [4.69, 9.17) is 5.11 Å². The van der Waals surface area contributed by atoms with Gasteiger partial charge in [-0.1, -0.05) is 12.8 Å². The minimum absolute atomic E-state index is 0.233. The number of hydrogen-bond acceptors (Lipinski definition) is 4. The summed E-state index contributed by atoms with van der Waals surface area (Å²) in [5, 5.41) is 12.3. The van der Waals surface area contributed by atoms with Gasteiger partial charge in [-0.2, -0.15) is 0 Å². The number of carboxylic acid groups (broad SMARTS) is 1. The standard InChI is InChI=1S/C17H25N3O2/c21-17(22)14-5-6-16(18-11-14)19-15-7-9-20(10-8-15)12-13-3-1-2-4-13/h5-6,11,13,15H,1-4,7-10,12H2,(H,18,19)(H,21,22). The van der Waals surface area contributed by atoms with Crippen LogP contribution in [0.4, 0.5) is 5.82 Å². The van der Waals surface area contributed by atoms with Crippen molar-refractivity contribution in [2.75, 3.05) is 25.0 Å². The minimum Gasteiger partial charge on any atom is -0.478 e. The Hall–Kier alpha value is -1.62. The van der Waals surface area contributed by atoms with E-state index in [9.17, 15) is 4.79 Å². The number of hydrogen-bond donors (Lipinski definition) is 2. The van der Waals surface area contributed by atoms with Gasteiger partial charge in [0.2, 0.25) is 0 Å². The lowest BCUT2D eigenvalue weighted by atomic mass is 10.0. The van der Waals surface area contributed by atoms with Gasteiger partial charge >= 0.3 is 5.97 Å². The van der Waals surface area contributed by atoms with Gasteiger partial charge in [0.15, 0.2) is 0 Å². The summed E-state index contributed by atoms with van der Waals surface area (Å²) < 4.78 is 0. The second-order valence-corrected chi connectivity index (χ2v) is 6.61. The Bertz CT molecular complexity index is 489. The molecule has 1 saturated heterocycles. The summed E-state index contributed by atoms with van der Waals surface area (Å²) in [6.45, 7) is 3.58. The first-order chi connectivity index (χ1) is 10.7. The third-order valence-electron chi connectivity index (χ3n) is 4.94. The molecular formula is C17H25N3O2. The first-order valence-electron chi connectivity index (χ1n) is 8.39. The summed E-state index contributed by atoms with van der Waals surface area (Å²) >= 11 is 0. The van der Waals surface area contributed by atoms with Crippen molar-refractivity contribution in [1.82, 2.24) is 9.88 Å². The van der Waals surface area contributed by atoms with Crippen LogP contribution in [0.5, 0.6) is 0 Å². The lowest BCUT2D eigenvalue weighted by molar-refractivity contribution is 0.0696. The molecule has 22 heavy (non-hydrogen) atoms.